The first-order valence-electron chi connectivity index (χ1n) is 9.53. The zero-order valence-electron chi connectivity index (χ0n) is 17.1. The van der Waals surface area contributed by atoms with E-state index in [1.807, 2.05) is 36.6 Å². The number of para-hydroxylation sites is 1. The third kappa shape index (κ3) is 6.03. The van der Waals surface area contributed by atoms with Crippen LogP contribution in [0.3, 0.4) is 0 Å². The molecule has 1 N–H and O–H groups in total. The van der Waals surface area contributed by atoms with Crippen LogP contribution >= 0.6 is 35.0 Å². The SMILES string of the molecule is C=CCn1c(SCC(=O)Nc2ccccc2Cl)nnc1C(C)Oc1ccc(Cl)cc1C. The first kappa shape index (κ1) is 23.2. The van der Waals surface area contributed by atoms with Crippen LogP contribution in [-0.2, 0) is 11.3 Å². The van der Waals surface area contributed by atoms with Gasteiger partial charge in [-0.05, 0) is 49.7 Å². The normalized spacial score (nSPS) is 11.7. The molecule has 0 aliphatic rings. The smallest absolute Gasteiger partial charge is 0.234 e. The summed E-state index contributed by atoms with van der Waals surface area (Å²) >= 11 is 13.4. The Morgan fingerprint density at radius 2 is 2.06 bits per heavy atom. The summed E-state index contributed by atoms with van der Waals surface area (Å²) in [5, 5.41) is 13.1. The van der Waals surface area contributed by atoms with Gasteiger partial charge in [-0.3, -0.25) is 9.36 Å². The van der Waals surface area contributed by atoms with Crippen LogP contribution in [0.25, 0.3) is 0 Å². The second-order valence-electron chi connectivity index (χ2n) is 6.73. The molecule has 9 heteroatoms. The molecule has 3 aromatic rings. The molecule has 0 spiro atoms. The van der Waals surface area contributed by atoms with Gasteiger partial charge in [-0.2, -0.15) is 0 Å². The number of carbonyl (C=O) groups excluding carboxylic acids is 1. The lowest BCUT2D eigenvalue weighted by atomic mass is 10.2. The number of aromatic nitrogens is 3. The fraction of sp³-hybridized carbons (Fsp3) is 0.227. The number of hydrogen-bond donors (Lipinski definition) is 1. The van der Waals surface area contributed by atoms with Gasteiger partial charge in [0.1, 0.15) is 5.75 Å². The Morgan fingerprint density at radius 3 is 2.77 bits per heavy atom. The van der Waals surface area contributed by atoms with E-state index in [2.05, 4.69) is 22.1 Å². The van der Waals surface area contributed by atoms with Gasteiger partial charge >= 0.3 is 0 Å². The summed E-state index contributed by atoms with van der Waals surface area (Å²) in [5.74, 6) is 1.34. The Hall–Kier alpha value is -2.48. The van der Waals surface area contributed by atoms with Crippen LogP contribution in [0.5, 0.6) is 5.75 Å². The maximum absolute atomic E-state index is 12.4. The summed E-state index contributed by atoms with van der Waals surface area (Å²) in [4.78, 5) is 12.4. The summed E-state index contributed by atoms with van der Waals surface area (Å²) in [5.41, 5.74) is 1.50. The molecule has 2 aromatic carbocycles. The number of halogens is 2. The fourth-order valence-corrected chi connectivity index (χ4v) is 4.04. The van der Waals surface area contributed by atoms with Gasteiger partial charge in [-0.15, -0.1) is 16.8 Å². The zero-order valence-corrected chi connectivity index (χ0v) is 19.5. The van der Waals surface area contributed by atoms with Gasteiger partial charge in [0.15, 0.2) is 17.1 Å². The predicted octanol–water partition coefficient (Wildman–Crippen LogP) is 5.95. The van der Waals surface area contributed by atoms with E-state index in [-0.39, 0.29) is 17.8 Å². The molecule has 0 saturated carbocycles. The van der Waals surface area contributed by atoms with Crippen molar-refractivity contribution in [2.75, 3.05) is 11.1 Å². The Bertz CT molecular complexity index is 1090. The molecular weight excluding hydrogens is 455 g/mol. The minimum absolute atomic E-state index is 0.159. The van der Waals surface area contributed by atoms with Crippen LogP contribution in [-0.4, -0.2) is 26.4 Å². The summed E-state index contributed by atoms with van der Waals surface area (Å²) in [6, 6.07) is 12.5. The highest BCUT2D eigenvalue weighted by Crippen LogP contribution is 2.28. The number of amides is 1. The van der Waals surface area contributed by atoms with Gasteiger partial charge in [0, 0.05) is 11.6 Å². The number of carbonyl (C=O) groups is 1. The van der Waals surface area contributed by atoms with Crippen molar-refractivity contribution < 1.29 is 9.53 Å². The maximum atomic E-state index is 12.4. The van der Waals surface area contributed by atoms with Crippen LogP contribution in [0.15, 0.2) is 60.3 Å². The molecule has 0 radical (unpaired) electrons. The Balaban J connectivity index is 1.70. The number of hydrogen-bond acceptors (Lipinski definition) is 5. The molecule has 3 rings (SSSR count). The van der Waals surface area contributed by atoms with Crippen molar-refractivity contribution in [2.24, 2.45) is 0 Å². The van der Waals surface area contributed by atoms with Gasteiger partial charge in [0.05, 0.1) is 16.5 Å². The summed E-state index contributed by atoms with van der Waals surface area (Å²) in [6.45, 7) is 8.13. The lowest BCUT2D eigenvalue weighted by Crippen LogP contribution is -2.16. The molecule has 0 fully saturated rings. The highest BCUT2D eigenvalue weighted by molar-refractivity contribution is 7.99. The molecule has 6 nitrogen and oxygen atoms in total. The number of benzene rings is 2. The molecule has 1 aromatic heterocycles. The highest BCUT2D eigenvalue weighted by Gasteiger charge is 2.20. The number of nitrogens with one attached hydrogen (secondary N) is 1. The summed E-state index contributed by atoms with van der Waals surface area (Å²) < 4.78 is 7.97. The number of ether oxygens (including phenoxy) is 1. The van der Waals surface area contributed by atoms with E-state index in [0.717, 1.165) is 11.3 Å². The number of anilines is 1. The summed E-state index contributed by atoms with van der Waals surface area (Å²) in [6.07, 6.45) is 1.39. The third-order valence-electron chi connectivity index (χ3n) is 4.34. The van der Waals surface area contributed by atoms with Crippen molar-refractivity contribution in [1.29, 1.82) is 0 Å². The molecule has 162 valence electrons. The van der Waals surface area contributed by atoms with Crippen molar-refractivity contribution in [2.45, 2.75) is 31.7 Å². The van der Waals surface area contributed by atoms with E-state index in [9.17, 15) is 4.79 Å². The molecule has 1 heterocycles. The standard InChI is InChI=1S/C22H22Cl2N4O2S/c1-4-11-28-21(15(3)30-19-10-9-16(23)12-14(19)2)26-27-22(28)31-13-20(29)25-18-8-6-5-7-17(18)24/h4-10,12,15H,1,11,13H2,2-3H3,(H,25,29). The van der Waals surface area contributed by atoms with Crippen molar-refractivity contribution in [3.05, 3.63) is 76.6 Å². The number of nitrogens with zero attached hydrogens (tertiary/aromatic N) is 3. The zero-order chi connectivity index (χ0) is 22.4. The summed E-state index contributed by atoms with van der Waals surface area (Å²) in [7, 11) is 0. The largest absolute Gasteiger partial charge is 0.482 e. The van der Waals surface area contributed by atoms with Crippen molar-refractivity contribution in [3.8, 4) is 5.75 Å². The second kappa shape index (κ2) is 10.7. The first-order chi connectivity index (χ1) is 14.9. The second-order valence-corrected chi connectivity index (χ2v) is 8.51. The Kier molecular flexibility index (Phi) is 8.01. The van der Waals surface area contributed by atoms with E-state index in [0.29, 0.717) is 33.3 Å². The van der Waals surface area contributed by atoms with Crippen LogP contribution in [0, 0.1) is 6.92 Å². The molecule has 0 aliphatic heterocycles. The van der Waals surface area contributed by atoms with Crippen molar-refractivity contribution in [3.63, 3.8) is 0 Å². The van der Waals surface area contributed by atoms with E-state index >= 15 is 0 Å². The fourth-order valence-electron chi connectivity index (χ4n) is 2.88. The first-order valence-corrected chi connectivity index (χ1v) is 11.3. The lowest BCUT2D eigenvalue weighted by molar-refractivity contribution is -0.113. The van der Waals surface area contributed by atoms with E-state index in [1.165, 1.54) is 11.8 Å². The molecule has 31 heavy (non-hydrogen) atoms. The molecule has 1 unspecified atom stereocenters. The van der Waals surface area contributed by atoms with Gasteiger partial charge in [-0.25, -0.2) is 0 Å². The van der Waals surface area contributed by atoms with Gasteiger partial charge in [0.25, 0.3) is 0 Å². The van der Waals surface area contributed by atoms with Crippen molar-refractivity contribution in [1.82, 2.24) is 14.8 Å². The van der Waals surface area contributed by atoms with Crippen molar-refractivity contribution >= 4 is 46.6 Å². The maximum Gasteiger partial charge on any atom is 0.234 e. The van der Waals surface area contributed by atoms with Crippen LogP contribution in [0.2, 0.25) is 10.0 Å². The molecule has 0 aliphatic carbocycles. The lowest BCUT2D eigenvalue weighted by Gasteiger charge is -2.17. The predicted molar refractivity (Wildman–Crippen MR) is 126 cm³/mol. The Labute approximate surface area is 195 Å². The minimum Gasteiger partial charge on any atom is -0.482 e. The molecule has 1 amide bonds. The average molecular weight is 477 g/mol. The highest BCUT2D eigenvalue weighted by atomic mass is 35.5. The quantitative estimate of drug-likeness (QED) is 0.305. The van der Waals surface area contributed by atoms with Crippen LogP contribution < -0.4 is 10.1 Å². The molecule has 0 saturated heterocycles. The van der Waals surface area contributed by atoms with Crippen LogP contribution in [0.4, 0.5) is 5.69 Å². The molecule has 0 bridgehead atoms. The minimum atomic E-state index is -0.362. The number of rotatable bonds is 9. The van der Waals surface area contributed by atoms with Gasteiger partial charge in [-0.1, -0.05) is 53.2 Å². The third-order valence-corrected chi connectivity index (χ3v) is 5.87. The van der Waals surface area contributed by atoms with E-state index in [1.54, 1.807) is 30.3 Å². The molecule has 1 atom stereocenters. The van der Waals surface area contributed by atoms with Gasteiger partial charge in [0.2, 0.25) is 5.91 Å². The van der Waals surface area contributed by atoms with E-state index < -0.39 is 0 Å². The van der Waals surface area contributed by atoms with Crippen LogP contribution in [0.1, 0.15) is 24.4 Å². The topological polar surface area (TPSA) is 69.0 Å². The monoisotopic (exact) mass is 476 g/mol. The number of aryl methyl sites for hydroxylation is 1. The average Bonchev–Trinajstić information content (AvgIpc) is 3.13. The number of thioether (sulfide) groups is 1. The molecular formula is C22H22Cl2N4O2S. The van der Waals surface area contributed by atoms with Gasteiger partial charge < -0.3 is 10.1 Å². The number of allylic oxidation sites excluding steroid dienone is 1. The van der Waals surface area contributed by atoms with E-state index in [4.69, 9.17) is 27.9 Å². The Morgan fingerprint density at radius 1 is 1.29 bits per heavy atom.